The van der Waals surface area contributed by atoms with Crippen molar-refractivity contribution in [3.05, 3.63) is 48.4 Å². The fourth-order valence-corrected chi connectivity index (χ4v) is 5.34. The fraction of sp³-hybridized carbons (Fsp3) is 0.391. The Labute approximate surface area is 238 Å². The van der Waals surface area contributed by atoms with Gasteiger partial charge in [-0.25, -0.2) is 24.5 Å². The fourth-order valence-electron chi connectivity index (χ4n) is 4.11. The van der Waals surface area contributed by atoms with Crippen LogP contribution in [0.4, 0.5) is 5.82 Å². The smallest absolute Gasteiger partial charge is 0.468 e. The van der Waals surface area contributed by atoms with E-state index in [0.717, 1.165) is 7.11 Å². The maximum atomic E-state index is 13.3. The number of hydrogen-bond acceptors (Lipinski definition) is 14. The Kier molecular flexibility index (Phi) is 9.22. The molecule has 3 heterocycles. The number of rotatable bonds is 12. The first-order chi connectivity index (χ1) is 19.4. The van der Waals surface area contributed by atoms with Crippen LogP contribution in [-0.4, -0.2) is 73.3 Å². The predicted octanol–water partition coefficient (Wildman–Crippen LogP) is 0.875. The molecule has 1 aliphatic rings. The number of methoxy groups -OCH3 is 1. The number of nitrogens with zero attached hydrogens (tertiary/aromatic N) is 3. The lowest BCUT2D eigenvalue weighted by Gasteiger charge is -2.27. The minimum atomic E-state index is -4.50. The number of ether oxygens (including phenoxy) is 2. The zero-order chi connectivity index (χ0) is 29.9. The van der Waals surface area contributed by atoms with Crippen LogP contribution in [-0.2, 0) is 33.1 Å². The van der Waals surface area contributed by atoms with Gasteiger partial charge in [0.25, 0.3) is 0 Å². The molecule has 3 unspecified atom stereocenters. The van der Waals surface area contributed by atoms with Crippen molar-refractivity contribution in [2.24, 2.45) is 5.73 Å². The van der Waals surface area contributed by atoms with Crippen LogP contribution >= 0.6 is 20.0 Å². The number of hydrogen-bond donors (Lipinski definition) is 5. The molecule has 0 amide bonds. The van der Waals surface area contributed by atoms with Gasteiger partial charge in [0, 0.05) is 11.8 Å². The van der Waals surface area contributed by atoms with E-state index in [1.54, 1.807) is 18.2 Å². The van der Waals surface area contributed by atoms with Crippen molar-refractivity contribution in [3.8, 4) is 5.75 Å². The van der Waals surface area contributed by atoms with Gasteiger partial charge < -0.3 is 40.6 Å². The van der Waals surface area contributed by atoms with Gasteiger partial charge in [0.05, 0.1) is 12.5 Å². The molecule has 0 spiro atoms. The van der Waals surface area contributed by atoms with Crippen molar-refractivity contribution < 1.29 is 48.2 Å². The lowest BCUT2D eigenvalue weighted by atomic mass is 9.96. The predicted molar refractivity (Wildman–Crippen MR) is 146 cm³/mol. The van der Waals surface area contributed by atoms with Gasteiger partial charge in [0.2, 0.25) is 0 Å². The molecule has 7 N–H and O–H groups in total. The third-order valence-electron chi connectivity index (χ3n) is 6.18. The molecule has 4 rings (SSSR count). The molecule has 222 valence electrons. The standard InChI is InChI=1S/C23H29N6O10PS/c1-12(21(31)34-3)28-40(33,39-37-13-7-5-4-6-8-13)38-35-10-15-17(30)23(2,32)22(36-15)29-9-14(19(25)41)16-18(24)26-11-27-20(16)29/h4-9,11-12,15,17,22,30,32H,10H2,1-3H3,(H2,25,41)(H,28,33)(H2,24,26,27)/t12-,15?,17?,22+,23+,40?/m0/s1. The molecule has 1 saturated heterocycles. The molecule has 3 aromatic rings. The molecule has 16 nitrogen and oxygen atoms in total. The molecule has 0 aliphatic carbocycles. The number of aliphatic hydroxyl groups excluding tert-OH is 1. The van der Waals surface area contributed by atoms with E-state index in [2.05, 4.69) is 19.8 Å². The molecule has 41 heavy (non-hydrogen) atoms. The highest BCUT2D eigenvalue weighted by Gasteiger charge is 2.54. The van der Waals surface area contributed by atoms with Gasteiger partial charge in [-0.15, -0.1) is 4.67 Å². The van der Waals surface area contributed by atoms with E-state index >= 15 is 0 Å². The maximum absolute atomic E-state index is 13.3. The van der Waals surface area contributed by atoms with Crippen LogP contribution in [0.15, 0.2) is 42.9 Å². The maximum Gasteiger partial charge on any atom is 0.469 e. The first kappa shape index (κ1) is 30.7. The van der Waals surface area contributed by atoms with Crippen molar-refractivity contribution in [2.45, 2.75) is 43.9 Å². The Morgan fingerprint density at radius 2 is 2.02 bits per heavy atom. The summed E-state index contributed by atoms with van der Waals surface area (Å²) in [5, 5.41) is 24.8. The van der Waals surface area contributed by atoms with Gasteiger partial charge in [-0.3, -0.25) is 4.79 Å². The molecule has 0 radical (unpaired) electrons. The average Bonchev–Trinajstić information content (AvgIpc) is 3.43. The third kappa shape index (κ3) is 6.48. The van der Waals surface area contributed by atoms with Gasteiger partial charge in [0.15, 0.2) is 12.0 Å². The van der Waals surface area contributed by atoms with Crippen LogP contribution in [0.25, 0.3) is 11.0 Å². The highest BCUT2D eigenvalue weighted by Crippen LogP contribution is 2.46. The first-order valence-corrected chi connectivity index (χ1v) is 14.0. The number of anilines is 1. The van der Waals surface area contributed by atoms with E-state index in [9.17, 15) is 19.6 Å². The van der Waals surface area contributed by atoms with E-state index in [-0.39, 0.29) is 22.2 Å². The lowest BCUT2D eigenvalue weighted by Crippen LogP contribution is -2.44. The summed E-state index contributed by atoms with van der Waals surface area (Å²) >= 11 is 5.12. The number of esters is 1. The normalized spacial score (nSPS) is 24.6. The molecule has 6 atom stereocenters. The van der Waals surface area contributed by atoms with Crippen molar-refractivity contribution in [1.29, 1.82) is 0 Å². The topological polar surface area (TPSA) is 225 Å². The lowest BCUT2D eigenvalue weighted by molar-refractivity contribution is -0.258. The number of benzene rings is 1. The second-order valence-corrected chi connectivity index (χ2v) is 11.2. The second-order valence-electron chi connectivity index (χ2n) is 9.17. The van der Waals surface area contributed by atoms with Crippen LogP contribution in [0.1, 0.15) is 25.6 Å². The third-order valence-corrected chi connectivity index (χ3v) is 7.67. The Morgan fingerprint density at radius 1 is 1.32 bits per heavy atom. The van der Waals surface area contributed by atoms with Crippen LogP contribution in [0, 0.1) is 0 Å². The minimum Gasteiger partial charge on any atom is -0.468 e. The SMILES string of the molecule is COC(=O)[C@H](C)NP(=O)(OOCC1O[C@@H](n2cc(C(N)=S)c3c(N)ncnc32)[C@](C)(O)C1O)OOc1ccccc1. The number of aromatic nitrogens is 3. The molecular weight excluding hydrogens is 583 g/mol. The van der Waals surface area contributed by atoms with E-state index in [1.807, 2.05) is 0 Å². The highest BCUT2D eigenvalue weighted by atomic mass is 32.1. The zero-order valence-electron chi connectivity index (χ0n) is 22.1. The van der Waals surface area contributed by atoms with Crippen LogP contribution < -0.4 is 21.4 Å². The quantitative estimate of drug-likeness (QED) is 0.0629. The molecule has 0 bridgehead atoms. The first-order valence-electron chi connectivity index (χ1n) is 12.0. The molecule has 1 fully saturated rings. The number of nitrogen functional groups attached to an aromatic ring is 1. The van der Waals surface area contributed by atoms with E-state index < -0.39 is 50.4 Å². The molecule has 0 saturated carbocycles. The summed E-state index contributed by atoms with van der Waals surface area (Å²) in [5.41, 5.74) is 10.5. The molecule has 1 aromatic carbocycles. The Balaban J connectivity index is 1.50. The summed E-state index contributed by atoms with van der Waals surface area (Å²) in [6.07, 6.45) is -1.30. The molecule has 2 aromatic heterocycles. The van der Waals surface area contributed by atoms with Crippen molar-refractivity contribution >= 4 is 47.8 Å². The Hall–Kier alpha value is -3.25. The van der Waals surface area contributed by atoms with E-state index in [0.29, 0.717) is 10.9 Å². The number of nitrogens with one attached hydrogen (secondary N) is 1. The highest BCUT2D eigenvalue weighted by molar-refractivity contribution is 7.80. The van der Waals surface area contributed by atoms with Gasteiger partial charge >= 0.3 is 13.7 Å². The summed E-state index contributed by atoms with van der Waals surface area (Å²) in [6, 6.07) is 6.89. The van der Waals surface area contributed by atoms with Gasteiger partial charge in [-0.05, 0) is 26.0 Å². The summed E-state index contributed by atoms with van der Waals surface area (Å²) in [5.74, 6) is -0.493. The average molecular weight is 613 g/mol. The second kappa shape index (κ2) is 12.3. The summed E-state index contributed by atoms with van der Waals surface area (Å²) in [7, 11) is -3.35. The zero-order valence-corrected chi connectivity index (χ0v) is 23.8. The number of para-hydroxylation sites is 1. The minimum absolute atomic E-state index is 0.00359. The summed E-state index contributed by atoms with van der Waals surface area (Å²) in [4.78, 5) is 30.2. The largest absolute Gasteiger partial charge is 0.469 e. The summed E-state index contributed by atoms with van der Waals surface area (Å²) < 4.78 is 35.2. The Bertz CT molecular complexity index is 1460. The Morgan fingerprint density at radius 3 is 2.68 bits per heavy atom. The van der Waals surface area contributed by atoms with Crippen LogP contribution in [0.3, 0.4) is 0 Å². The monoisotopic (exact) mass is 612 g/mol. The van der Waals surface area contributed by atoms with Crippen LogP contribution in [0.5, 0.6) is 5.75 Å². The van der Waals surface area contributed by atoms with Crippen molar-refractivity contribution in [2.75, 3.05) is 19.5 Å². The van der Waals surface area contributed by atoms with Crippen molar-refractivity contribution in [3.63, 3.8) is 0 Å². The van der Waals surface area contributed by atoms with Crippen LogP contribution in [0.2, 0.25) is 0 Å². The molecule has 1 aliphatic heterocycles. The van der Waals surface area contributed by atoms with Gasteiger partial charge in [-0.1, -0.05) is 35.1 Å². The molecular formula is C23H29N6O10PS. The number of fused-ring (bicyclic) bond motifs is 1. The van der Waals surface area contributed by atoms with Gasteiger partial charge in [0.1, 0.15) is 53.2 Å². The van der Waals surface area contributed by atoms with E-state index in [4.69, 9.17) is 47.5 Å². The van der Waals surface area contributed by atoms with E-state index in [1.165, 1.54) is 43.1 Å². The number of aliphatic hydroxyl groups is 2. The van der Waals surface area contributed by atoms with Gasteiger partial charge in [-0.2, -0.15) is 0 Å². The number of carbonyl (C=O) groups is 1. The number of thiocarbonyl (C=S) groups is 1. The summed E-state index contributed by atoms with van der Waals surface area (Å²) in [6.45, 7) is 2.12. The molecule has 18 heteroatoms. The van der Waals surface area contributed by atoms with Crippen molar-refractivity contribution in [1.82, 2.24) is 19.6 Å². The number of carbonyl (C=O) groups excluding carboxylic acids is 1. The number of nitrogens with two attached hydrogens (primary N) is 2.